The average molecular weight is 294 g/mol. The van der Waals surface area contributed by atoms with Crippen molar-refractivity contribution in [3.8, 4) is 0 Å². The van der Waals surface area contributed by atoms with Crippen molar-refractivity contribution >= 4 is 0 Å². The zero-order valence-corrected chi connectivity index (χ0v) is 12.8. The van der Waals surface area contributed by atoms with Crippen LogP contribution in [-0.4, -0.2) is 29.3 Å². The molecule has 2 heterocycles. The van der Waals surface area contributed by atoms with Crippen LogP contribution >= 0.6 is 0 Å². The third-order valence-electron chi connectivity index (χ3n) is 4.80. The van der Waals surface area contributed by atoms with Gasteiger partial charge in [-0.3, -0.25) is 9.74 Å². The Morgan fingerprint density at radius 2 is 1.68 bits per heavy atom. The zero-order valence-electron chi connectivity index (χ0n) is 12.8. The second-order valence-electron chi connectivity index (χ2n) is 6.20. The summed E-state index contributed by atoms with van der Waals surface area (Å²) in [5, 5.41) is 2.19. The molecule has 2 fully saturated rings. The predicted molar refractivity (Wildman–Crippen MR) is 86.8 cm³/mol. The van der Waals surface area contributed by atoms with Gasteiger partial charge in [-0.2, -0.15) is 5.06 Å². The molecule has 0 aliphatic carbocycles. The summed E-state index contributed by atoms with van der Waals surface area (Å²) in [6, 6.07) is 22.3. The lowest BCUT2D eigenvalue weighted by molar-refractivity contribution is -0.271. The van der Waals surface area contributed by atoms with Gasteiger partial charge in [-0.1, -0.05) is 60.7 Å². The summed E-state index contributed by atoms with van der Waals surface area (Å²) >= 11 is 0. The number of hydroxylamine groups is 2. The summed E-state index contributed by atoms with van der Waals surface area (Å²) in [6.07, 6.45) is 2.53. The van der Waals surface area contributed by atoms with Gasteiger partial charge in [0.2, 0.25) is 0 Å². The summed E-state index contributed by atoms with van der Waals surface area (Å²) in [7, 11) is 0. The smallest absolute Gasteiger partial charge is 0.121 e. The number of rotatable bonds is 3. The van der Waals surface area contributed by atoms with Crippen molar-refractivity contribution in [2.45, 2.75) is 31.5 Å². The molecule has 0 unspecified atom stereocenters. The quantitative estimate of drug-likeness (QED) is 0.860. The van der Waals surface area contributed by atoms with E-state index in [1.54, 1.807) is 0 Å². The van der Waals surface area contributed by atoms with Gasteiger partial charge < -0.3 is 0 Å². The molecule has 2 aliphatic rings. The van der Waals surface area contributed by atoms with E-state index in [0.717, 1.165) is 19.8 Å². The van der Waals surface area contributed by atoms with Gasteiger partial charge in [-0.25, -0.2) is 0 Å². The third-order valence-corrected chi connectivity index (χ3v) is 4.80. The van der Waals surface area contributed by atoms with E-state index in [9.17, 15) is 0 Å². The van der Waals surface area contributed by atoms with Gasteiger partial charge in [0.25, 0.3) is 0 Å². The number of benzene rings is 2. The summed E-state index contributed by atoms with van der Waals surface area (Å²) < 4.78 is 0. The minimum absolute atomic E-state index is 0.317. The van der Waals surface area contributed by atoms with Crippen LogP contribution in [0, 0.1) is 0 Å². The van der Waals surface area contributed by atoms with Gasteiger partial charge in [-0.05, 0) is 24.0 Å². The second kappa shape index (κ2) is 6.21. The highest BCUT2D eigenvalue weighted by atomic mass is 16.7. The third kappa shape index (κ3) is 2.68. The van der Waals surface area contributed by atoms with Crippen LogP contribution in [0.3, 0.4) is 0 Å². The molecule has 2 atom stereocenters. The highest BCUT2D eigenvalue weighted by Gasteiger charge is 2.40. The van der Waals surface area contributed by atoms with Crippen LogP contribution in [0.1, 0.15) is 30.0 Å². The summed E-state index contributed by atoms with van der Waals surface area (Å²) in [5.41, 5.74) is 2.66. The van der Waals surface area contributed by atoms with E-state index in [4.69, 9.17) is 4.84 Å². The SMILES string of the molecule is c1ccc(CN2OCN3CCC[C@H]3[C@@H]2c2ccccc2)cc1. The number of nitrogens with zero attached hydrogens (tertiary/aromatic N) is 2. The van der Waals surface area contributed by atoms with Crippen molar-refractivity contribution in [3.05, 3.63) is 71.8 Å². The van der Waals surface area contributed by atoms with Crippen LogP contribution in [0.4, 0.5) is 0 Å². The molecule has 4 rings (SSSR count). The Morgan fingerprint density at radius 1 is 0.955 bits per heavy atom. The molecule has 2 saturated heterocycles. The zero-order chi connectivity index (χ0) is 14.8. The second-order valence-corrected chi connectivity index (χ2v) is 6.20. The maximum atomic E-state index is 6.12. The van der Waals surface area contributed by atoms with E-state index < -0.39 is 0 Å². The van der Waals surface area contributed by atoms with Gasteiger partial charge in [-0.15, -0.1) is 0 Å². The van der Waals surface area contributed by atoms with Crippen LogP contribution in [-0.2, 0) is 11.4 Å². The maximum Gasteiger partial charge on any atom is 0.121 e. The molecule has 3 nitrogen and oxygen atoms in total. The fraction of sp³-hybridized carbons (Fsp3) is 0.368. The first-order valence-corrected chi connectivity index (χ1v) is 8.14. The Balaban J connectivity index is 1.63. The van der Waals surface area contributed by atoms with Crippen molar-refractivity contribution in [1.82, 2.24) is 9.96 Å². The Bertz CT molecular complexity index is 601. The van der Waals surface area contributed by atoms with Crippen molar-refractivity contribution in [2.24, 2.45) is 0 Å². The van der Waals surface area contributed by atoms with Gasteiger partial charge in [0, 0.05) is 19.1 Å². The summed E-state index contributed by atoms with van der Waals surface area (Å²) in [6.45, 7) is 2.72. The van der Waals surface area contributed by atoms with Crippen LogP contribution in [0.25, 0.3) is 0 Å². The Morgan fingerprint density at radius 3 is 2.45 bits per heavy atom. The molecule has 0 bridgehead atoms. The fourth-order valence-corrected chi connectivity index (χ4v) is 3.74. The van der Waals surface area contributed by atoms with E-state index in [1.807, 2.05) is 0 Å². The molecule has 0 aromatic heterocycles. The molecule has 0 radical (unpaired) electrons. The lowest BCUT2D eigenvalue weighted by Crippen LogP contribution is -2.50. The molecule has 0 spiro atoms. The van der Waals surface area contributed by atoms with Crippen LogP contribution in [0.15, 0.2) is 60.7 Å². The molecule has 3 heteroatoms. The van der Waals surface area contributed by atoms with Crippen molar-refractivity contribution in [3.63, 3.8) is 0 Å². The highest BCUT2D eigenvalue weighted by Crippen LogP contribution is 2.38. The molecular formula is C19H22N2O. The first-order valence-electron chi connectivity index (χ1n) is 8.14. The Kier molecular flexibility index (Phi) is 3.94. The molecular weight excluding hydrogens is 272 g/mol. The number of fused-ring (bicyclic) bond motifs is 1. The molecule has 2 aromatic carbocycles. The first-order chi connectivity index (χ1) is 10.9. The molecule has 0 amide bonds. The fourth-order valence-electron chi connectivity index (χ4n) is 3.74. The van der Waals surface area contributed by atoms with Crippen LogP contribution < -0.4 is 0 Å². The lowest BCUT2D eigenvalue weighted by atomic mass is 9.96. The van der Waals surface area contributed by atoms with Gasteiger partial charge in [0.1, 0.15) is 6.73 Å². The minimum atomic E-state index is 0.317. The monoisotopic (exact) mass is 294 g/mol. The first kappa shape index (κ1) is 13.9. The largest absolute Gasteiger partial charge is 0.282 e. The van der Waals surface area contributed by atoms with E-state index in [2.05, 4.69) is 70.6 Å². The molecule has 2 aliphatic heterocycles. The van der Waals surface area contributed by atoms with Crippen molar-refractivity contribution < 1.29 is 4.84 Å². The Labute approximate surface area is 132 Å². The van der Waals surface area contributed by atoms with E-state index in [-0.39, 0.29) is 0 Å². The van der Waals surface area contributed by atoms with E-state index in [1.165, 1.54) is 24.0 Å². The topological polar surface area (TPSA) is 15.7 Å². The summed E-state index contributed by atoms with van der Waals surface area (Å²) in [5.74, 6) is 0. The minimum Gasteiger partial charge on any atom is -0.282 e. The van der Waals surface area contributed by atoms with E-state index in [0.29, 0.717) is 12.1 Å². The Hall–Kier alpha value is -1.68. The predicted octanol–water partition coefficient (Wildman–Crippen LogP) is 3.60. The van der Waals surface area contributed by atoms with Gasteiger partial charge in [0.15, 0.2) is 0 Å². The normalized spacial score (nSPS) is 26.0. The molecule has 114 valence electrons. The molecule has 2 aromatic rings. The van der Waals surface area contributed by atoms with Gasteiger partial charge in [0.05, 0.1) is 6.04 Å². The summed E-state index contributed by atoms with van der Waals surface area (Å²) in [4.78, 5) is 8.61. The average Bonchev–Trinajstić information content (AvgIpc) is 3.05. The molecule has 0 N–H and O–H groups in total. The van der Waals surface area contributed by atoms with E-state index >= 15 is 0 Å². The lowest BCUT2D eigenvalue weighted by Gasteiger charge is -2.44. The highest BCUT2D eigenvalue weighted by molar-refractivity contribution is 5.22. The molecule has 22 heavy (non-hydrogen) atoms. The number of hydrogen-bond acceptors (Lipinski definition) is 3. The van der Waals surface area contributed by atoms with Gasteiger partial charge >= 0.3 is 0 Å². The van der Waals surface area contributed by atoms with Crippen molar-refractivity contribution in [1.29, 1.82) is 0 Å². The maximum absolute atomic E-state index is 6.12. The van der Waals surface area contributed by atoms with Crippen LogP contribution in [0.2, 0.25) is 0 Å². The van der Waals surface area contributed by atoms with Crippen LogP contribution in [0.5, 0.6) is 0 Å². The number of hydrogen-bond donors (Lipinski definition) is 0. The molecule has 0 saturated carbocycles. The standard InChI is InChI=1S/C19H22N2O/c1-3-8-16(9-4-1)14-21-19(17-10-5-2-6-11-17)18-12-7-13-20(18)15-22-21/h1-6,8-11,18-19H,7,12-15H2/t18-,19-/m0/s1. The van der Waals surface area contributed by atoms with Crippen molar-refractivity contribution in [2.75, 3.05) is 13.3 Å².